The van der Waals surface area contributed by atoms with Crippen molar-refractivity contribution in [1.29, 1.82) is 0 Å². The van der Waals surface area contributed by atoms with Crippen molar-refractivity contribution >= 4 is 21.7 Å². The third-order valence-corrected chi connectivity index (χ3v) is 4.97. The predicted molar refractivity (Wildman–Crippen MR) is 88.6 cm³/mol. The monoisotopic (exact) mass is 340 g/mol. The van der Waals surface area contributed by atoms with Gasteiger partial charge in [0.2, 0.25) is 11.8 Å². The molecule has 0 saturated heterocycles. The Hall–Kier alpha value is -1.89. The first-order valence-electron chi connectivity index (χ1n) is 7.25. The van der Waals surface area contributed by atoms with Crippen LogP contribution in [-0.2, 0) is 19.4 Å². The van der Waals surface area contributed by atoms with Gasteiger partial charge in [-0.2, -0.15) is 0 Å². The first-order chi connectivity index (χ1) is 10.4. The van der Waals surface area contributed by atoms with E-state index in [0.717, 1.165) is 0 Å². The standard InChI is InChI=1S/C16H24N2O4S/c1-12(19)17-16(5,14(20)18-15(2,3)4)11-23(21,22)13-9-7-6-8-10-13/h6-10H,11H2,1-5H3,(H,17,19)(H,18,20). The fraction of sp³-hybridized carbons (Fsp3) is 0.500. The van der Waals surface area contributed by atoms with Crippen molar-refractivity contribution < 1.29 is 18.0 Å². The van der Waals surface area contributed by atoms with Crippen LogP contribution >= 0.6 is 0 Å². The Morgan fingerprint density at radius 2 is 1.52 bits per heavy atom. The van der Waals surface area contributed by atoms with E-state index in [4.69, 9.17) is 0 Å². The van der Waals surface area contributed by atoms with Gasteiger partial charge in [-0.05, 0) is 39.8 Å². The highest BCUT2D eigenvalue weighted by molar-refractivity contribution is 7.91. The molecule has 1 aromatic carbocycles. The average molecular weight is 340 g/mol. The summed E-state index contributed by atoms with van der Waals surface area (Å²) in [5.41, 5.74) is -2.11. The van der Waals surface area contributed by atoms with Gasteiger partial charge in [-0.1, -0.05) is 18.2 Å². The molecule has 23 heavy (non-hydrogen) atoms. The Labute approximate surface area is 137 Å². The minimum Gasteiger partial charge on any atom is -0.349 e. The Balaban J connectivity index is 3.17. The van der Waals surface area contributed by atoms with Crippen LogP contribution in [-0.4, -0.2) is 37.1 Å². The minimum atomic E-state index is -3.74. The van der Waals surface area contributed by atoms with Crippen LogP contribution in [0.4, 0.5) is 0 Å². The molecule has 0 heterocycles. The Bertz CT molecular complexity index is 678. The predicted octanol–water partition coefficient (Wildman–Crippen LogP) is 1.27. The molecule has 128 valence electrons. The molecule has 1 unspecified atom stereocenters. The zero-order valence-corrected chi connectivity index (χ0v) is 15.0. The third kappa shape index (κ3) is 5.67. The number of carbonyl (C=O) groups is 2. The molecule has 0 aliphatic rings. The van der Waals surface area contributed by atoms with Crippen molar-refractivity contribution in [2.45, 2.75) is 50.6 Å². The normalized spacial score (nSPS) is 14.7. The van der Waals surface area contributed by atoms with Crippen molar-refractivity contribution in [2.24, 2.45) is 0 Å². The molecule has 0 saturated carbocycles. The summed E-state index contributed by atoms with van der Waals surface area (Å²) in [6, 6.07) is 7.85. The van der Waals surface area contributed by atoms with Crippen LogP contribution in [0.5, 0.6) is 0 Å². The third-order valence-electron chi connectivity index (χ3n) is 3.02. The van der Waals surface area contributed by atoms with Gasteiger partial charge in [0.15, 0.2) is 9.84 Å². The number of rotatable bonds is 5. The molecular formula is C16H24N2O4S. The highest BCUT2D eigenvalue weighted by Gasteiger charge is 2.40. The summed E-state index contributed by atoms with van der Waals surface area (Å²) in [7, 11) is -3.74. The topological polar surface area (TPSA) is 92.3 Å². The van der Waals surface area contributed by atoms with E-state index in [2.05, 4.69) is 10.6 Å². The van der Waals surface area contributed by atoms with Gasteiger partial charge in [0.1, 0.15) is 5.54 Å². The van der Waals surface area contributed by atoms with Crippen LogP contribution in [0.2, 0.25) is 0 Å². The molecule has 6 nitrogen and oxygen atoms in total. The Kier molecular flexibility index (Phi) is 5.58. The largest absolute Gasteiger partial charge is 0.349 e. The summed E-state index contributed by atoms with van der Waals surface area (Å²) in [6.45, 7) is 8.01. The zero-order valence-electron chi connectivity index (χ0n) is 14.1. The number of hydrogen-bond acceptors (Lipinski definition) is 4. The van der Waals surface area contributed by atoms with Gasteiger partial charge in [-0.15, -0.1) is 0 Å². The van der Waals surface area contributed by atoms with E-state index in [0.29, 0.717) is 0 Å². The summed E-state index contributed by atoms with van der Waals surface area (Å²) in [4.78, 5) is 24.1. The minimum absolute atomic E-state index is 0.111. The molecule has 0 fully saturated rings. The first-order valence-corrected chi connectivity index (χ1v) is 8.90. The molecule has 1 atom stereocenters. The number of amides is 2. The van der Waals surface area contributed by atoms with Crippen LogP contribution in [0.15, 0.2) is 35.2 Å². The maximum Gasteiger partial charge on any atom is 0.246 e. The lowest BCUT2D eigenvalue weighted by Gasteiger charge is -2.32. The van der Waals surface area contributed by atoms with E-state index < -0.39 is 38.5 Å². The fourth-order valence-electron chi connectivity index (χ4n) is 2.12. The van der Waals surface area contributed by atoms with Crippen LogP contribution in [0.3, 0.4) is 0 Å². The van der Waals surface area contributed by atoms with E-state index >= 15 is 0 Å². The molecule has 2 N–H and O–H groups in total. The molecular weight excluding hydrogens is 316 g/mol. The highest BCUT2D eigenvalue weighted by Crippen LogP contribution is 2.18. The summed E-state index contributed by atoms with van der Waals surface area (Å²) < 4.78 is 25.1. The highest BCUT2D eigenvalue weighted by atomic mass is 32.2. The van der Waals surface area contributed by atoms with Crippen LogP contribution in [0, 0.1) is 0 Å². The molecule has 0 aromatic heterocycles. The van der Waals surface area contributed by atoms with Gasteiger partial charge in [0.05, 0.1) is 10.6 Å². The number of benzene rings is 1. The van der Waals surface area contributed by atoms with E-state index in [1.54, 1.807) is 39.0 Å². The lowest BCUT2D eigenvalue weighted by molar-refractivity contribution is -0.132. The van der Waals surface area contributed by atoms with Crippen molar-refractivity contribution in [3.8, 4) is 0 Å². The van der Waals surface area contributed by atoms with Gasteiger partial charge < -0.3 is 10.6 Å². The van der Waals surface area contributed by atoms with Gasteiger partial charge >= 0.3 is 0 Å². The SMILES string of the molecule is CC(=O)NC(C)(CS(=O)(=O)c1ccccc1)C(=O)NC(C)(C)C. The smallest absolute Gasteiger partial charge is 0.246 e. The molecule has 0 radical (unpaired) electrons. The summed E-state index contributed by atoms with van der Waals surface area (Å²) >= 11 is 0. The maximum atomic E-state index is 12.6. The Morgan fingerprint density at radius 1 is 1.00 bits per heavy atom. The first kappa shape index (κ1) is 19.2. The lowest BCUT2D eigenvalue weighted by Crippen LogP contribution is -2.62. The van der Waals surface area contributed by atoms with Crippen molar-refractivity contribution in [2.75, 3.05) is 5.75 Å². The average Bonchev–Trinajstić information content (AvgIpc) is 2.36. The molecule has 0 aliphatic carbocycles. The molecule has 1 rings (SSSR count). The number of nitrogens with one attached hydrogen (secondary N) is 2. The van der Waals surface area contributed by atoms with Crippen molar-refractivity contribution in [3.05, 3.63) is 30.3 Å². The molecule has 7 heteroatoms. The van der Waals surface area contributed by atoms with Gasteiger partial charge in [-0.3, -0.25) is 9.59 Å². The number of hydrogen-bond donors (Lipinski definition) is 2. The molecule has 0 spiro atoms. The van der Waals surface area contributed by atoms with E-state index in [1.807, 2.05) is 0 Å². The second-order valence-corrected chi connectivity index (χ2v) is 8.78. The summed E-state index contributed by atoms with van der Waals surface area (Å²) in [6.07, 6.45) is 0. The number of carbonyl (C=O) groups excluding carboxylic acids is 2. The molecule has 0 aliphatic heterocycles. The molecule has 1 aromatic rings. The molecule has 0 bridgehead atoms. The maximum absolute atomic E-state index is 12.6. The molecule has 2 amide bonds. The number of sulfone groups is 1. The quantitative estimate of drug-likeness (QED) is 0.844. The fourth-order valence-corrected chi connectivity index (χ4v) is 3.82. The van der Waals surface area contributed by atoms with E-state index in [1.165, 1.54) is 26.0 Å². The van der Waals surface area contributed by atoms with E-state index in [-0.39, 0.29) is 4.90 Å². The van der Waals surface area contributed by atoms with Crippen molar-refractivity contribution in [3.63, 3.8) is 0 Å². The summed E-state index contributed by atoms with van der Waals surface area (Å²) in [5, 5.41) is 5.20. The van der Waals surface area contributed by atoms with E-state index in [9.17, 15) is 18.0 Å². The van der Waals surface area contributed by atoms with Gasteiger partial charge in [0.25, 0.3) is 0 Å². The zero-order chi connectivity index (χ0) is 17.9. The van der Waals surface area contributed by atoms with Crippen LogP contribution in [0.25, 0.3) is 0 Å². The second kappa shape index (κ2) is 6.70. The summed E-state index contributed by atoms with van der Waals surface area (Å²) in [5.74, 6) is -1.54. The van der Waals surface area contributed by atoms with Crippen LogP contribution in [0.1, 0.15) is 34.6 Å². The van der Waals surface area contributed by atoms with Gasteiger partial charge in [-0.25, -0.2) is 8.42 Å². The second-order valence-electron chi connectivity index (χ2n) is 6.79. The van der Waals surface area contributed by atoms with Gasteiger partial charge in [0, 0.05) is 12.5 Å². The Morgan fingerprint density at radius 3 is 1.96 bits per heavy atom. The van der Waals surface area contributed by atoms with Crippen LogP contribution < -0.4 is 10.6 Å². The lowest BCUT2D eigenvalue weighted by atomic mass is 10.0. The van der Waals surface area contributed by atoms with Crippen molar-refractivity contribution in [1.82, 2.24) is 10.6 Å².